The average Bonchev–Trinajstić information content (AvgIpc) is 2.97. The summed E-state index contributed by atoms with van der Waals surface area (Å²) in [6, 6.07) is 5.70. The molecule has 0 saturated carbocycles. The molecule has 1 heterocycles. The lowest BCUT2D eigenvalue weighted by molar-refractivity contribution is 0.468. The monoisotopic (exact) mass is 314 g/mol. The summed E-state index contributed by atoms with van der Waals surface area (Å²) in [6.07, 6.45) is 0. The average molecular weight is 314 g/mol. The molecule has 3 rings (SSSR count). The highest BCUT2D eigenvalue weighted by molar-refractivity contribution is 7.89. The molecule has 0 aliphatic carbocycles. The van der Waals surface area contributed by atoms with Gasteiger partial charge in [-0.05, 0) is 6.07 Å². The second-order valence-electron chi connectivity index (χ2n) is 4.16. The maximum absolute atomic E-state index is 11.5. The summed E-state index contributed by atoms with van der Waals surface area (Å²) in [7, 11) is -9.89. The van der Waals surface area contributed by atoms with Gasteiger partial charge in [0, 0.05) is 5.39 Å². The van der Waals surface area contributed by atoms with Crippen molar-refractivity contribution in [3.05, 3.63) is 29.8 Å². The van der Waals surface area contributed by atoms with E-state index < -0.39 is 30.0 Å². The summed E-state index contributed by atoms with van der Waals surface area (Å²) < 4.78 is 64.6. The molecule has 1 aliphatic heterocycles. The Balaban J connectivity index is 2.69. The highest BCUT2D eigenvalue weighted by Crippen LogP contribution is 2.55. The quantitative estimate of drug-likeness (QED) is 0.418. The van der Waals surface area contributed by atoms with E-state index in [0.29, 0.717) is 4.70 Å². The Morgan fingerprint density at radius 3 is 1.85 bits per heavy atom. The minimum Gasteiger partial charge on any atom is -0.493 e. The molecule has 0 atom stereocenters. The molecule has 1 aliphatic rings. The fourth-order valence-electron chi connectivity index (χ4n) is 2.21. The standard InChI is InChI=1S/C10H6N2O6S2/c11-12-7-5-3-1-2-4-6(5)9(19(13,14)15)10(8(7)12)20(16,17)18/h1-4H,(H,13,14,15)(H,16,17,18). The summed E-state index contributed by atoms with van der Waals surface area (Å²) in [5.74, 6) is 0. The maximum Gasteiger partial charge on any atom is 0.302 e. The van der Waals surface area contributed by atoms with E-state index in [1.807, 2.05) is 0 Å². The summed E-state index contributed by atoms with van der Waals surface area (Å²) in [5, 5.41) is 0.128. The van der Waals surface area contributed by atoms with E-state index in [2.05, 4.69) is 0 Å². The number of nitrogens with zero attached hydrogens (tertiary/aromatic N) is 2. The summed E-state index contributed by atoms with van der Waals surface area (Å²) >= 11 is 0. The van der Waals surface area contributed by atoms with Gasteiger partial charge in [0.1, 0.15) is 4.90 Å². The zero-order chi connectivity index (χ0) is 14.9. The molecule has 104 valence electrons. The third kappa shape index (κ3) is 1.66. The van der Waals surface area contributed by atoms with Crippen molar-refractivity contribution in [3.8, 4) is 0 Å². The molecule has 0 fully saturated rings. The maximum atomic E-state index is 11.5. The predicted molar refractivity (Wildman–Crippen MR) is 68.4 cm³/mol. The van der Waals surface area contributed by atoms with Crippen molar-refractivity contribution in [2.24, 2.45) is 0 Å². The molecule has 20 heavy (non-hydrogen) atoms. The molecule has 0 amide bonds. The first-order valence-corrected chi connectivity index (χ1v) is 8.04. The number of hydrogen-bond donors (Lipinski definition) is 2. The Morgan fingerprint density at radius 1 is 0.850 bits per heavy atom. The SMILES string of the molecule is [N-]=[N+]1c2c(S(=O)(=O)O)c(S(=O)(=O)O)c3ccccc3c21. The van der Waals surface area contributed by atoms with Crippen LogP contribution in [0.2, 0.25) is 0 Å². The van der Waals surface area contributed by atoms with E-state index >= 15 is 0 Å². The highest BCUT2D eigenvalue weighted by Gasteiger charge is 2.48. The number of hydrogen-bond acceptors (Lipinski definition) is 4. The van der Waals surface area contributed by atoms with Gasteiger partial charge < -0.3 is 5.53 Å². The Kier molecular flexibility index (Phi) is 2.37. The van der Waals surface area contributed by atoms with Gasteiger partial charge in [0.15, 0.2) is 4.90 Å². The predicted octanol–water partition coefficient (Wildman–Crippen LogP) is 1.50. The van der Waals surface area contributed by atoms with Crippen LogP contribution in [-0.4, -0.2) is 25.9 Å². The van der Waals surface area contributed by atoms with Gasteiger partial charge in [0.25, 0.3) is 21.5 Å². The van der Waals surface area contributed by atoms with E-state index in [4.69, 9.17) is 0 Å². The zero-order valence-electron chi connectivity index (χ0n) is 9.55. The minimum absolute atomic E-state index is 0.0700. The van der Waals surface area contributed by atoms with Crippen LogP contribution in [0.5, 0.6) is 0 Å². The lowest BCUT2D eigenvalue weighted by atomic mass is 10.1. The summed E-state index contributed by atoms with van der Waals surface area (Å²) in [6.45, 7) is 0. The fraction of sp³-hybridized carbons (Fsp3) is 0. The van der Waals surface area contributed by atoms with Gasteiger partial charge in [-0.2, -0.15) is 16.8 Å². The van der Waals surface area contributed by atoms with E-state index in [1.54, 1.807) is 6.07 Å². The first-order valence-electron chi connectivity index (χ1n) is 5.16. The van der Waals surface area contributed by atoms with Gasteiger partial charge in [-0.25, -0.2) is 4.70 Å². The Labute approximate surface area is 113 Å². The van der Waals surface area contributed by atoms with Crippen molar-refractivity contribution in [3.63, 3.8) is 0 Å². The molecule has 2 aromatic rings. The van der Waals surface area contributed by atoms with Crippen LogP contribution in [-0.2, 0) is 20.2 Å². The molecule has 0 bridgehead atoms. The molecule has 0 unspecified atom stereocenters. The largest absolute Gasteiger partial charge is 0.493 e. The van der Waals surface area contributed by atoms with Crippen LogP contribution in [0.3, 0.4) is 0 Å². The van der Waals surface area contributed by atoms with Gasteiger partial charge in [0.05, 0.1) is 5.39 Å². The second-order valence-corrected chi connectivity index (χ2v) is 6.88. The zero-order valence-corrected chi connectivity index (χ0v) is 11.2. The van der Waals surface area contributed by atoms with Crippen LogP contribution in [0.1, 0.15) is 0 Å². The molecule has 0 spiro atoms. The number of fused-ring (bicyclic) bond motifs is 3. The van der Waals surface area contributed by atoms with Crippen molar-refractivity contribution in [2.75, 3.05) is 0 Å². The van der Waals surface area contributed by atoms with Gasteiger partial charge in [-0.1, -0.05) is 18.2 Å². The van der Waals surface area contributed by atoms with Crippen molar-refractivity contribution >= 4 is 42.4 Å². The van der Waals surface area contributed by atoms with Gasteiger partial charge in [-0.15, -0.1) is 0 Å². The van der Waals surface area contributed by atoms with Crippen LogP contribution in [0.15, 0.2) is 34.1 Å². The molecule has 10 heteroatoms. The Morgan fingerprint density at radius 2 is 1.35 bits per heavy atom. The molecular formula is C10H6N2O6S2. The van der Waals surface area contributed by atoms with E-state index in [-0.39, 0.29) is 22.1 Å². The van der Waals surface area contributed by atoms with Crippen molar-refractivity contribution < 1.29 is 25.9 Å². The lowest BCUT2D eigenvalue weighted by Gasteiger charge is -2.03. The smallest absolute Gasteiger partial charge is 0.302 e. The van der Waals surface area contributed by atoms with E-state index in [1.165, 1.54) is 18.2 Å². The summed E-state index contributed by atoms with van der Waals surface area (Å²) in [5.41, 5.74) is 9.27. The fourth-order valence-corrected chi connectivity index (χ4v) is 4.40. The molecule has 0 aromatic heterocycles. The van der Waals surface area contributed by atoms with Crippen LogP contribution >= 0.6 is 0 Å². The Hall–Kier alpha value is -1.88. The highest BCUT2D eigenvalue weighted by atomic mass is 32.2. The molecule has 0 saturated heterocycles. The van der Waals surface area contributed by atoms with Gasteiger partial charge in [-0.3, -0.25) is 9.11 Å². The first-order chi connectivity index (χ1) is 9.14. The summed E-state index contributed by atoms with van der Waals surface area (Å²) in [4.78, 5) is -1.98. The third-order valence-corrected chi connectivity index (χ3v) is 4.94. The molecule has 8 nitrogen and oxygen atoms in total. The van der Waals surface area contributed by atoms with Crippen molar-refractivity contribution in [1.82, 2.24) is 4.70 Å². The molecule has 2 N–H and O–H groups in total. The van der Waals surface area contributed by atoms with Crippen LogP contribution in [0.4, 0.5) is 11.4 Å². The first kappa shape index (κ1) is 13.1. The molecule has 0 radical (unpaired) electrons. The topological polar surface area (TPSA) is 134 Å². The third-order valence-electron chi connectivity index (χ3n) is 2.96. The number of rotatable bonds is 2. The van der Waals surface area contributed by atoms with Crippen molar-refractivity contribution in [1.29, 1.82) is 0 Å². The molecular weight excluding hydrogens is 308 g/mol. The Bertz CT molecular complexity index is 1010. The number of benzene rings is 2. The molecule has 2 aromatic carbocycles. The lowest BCUT2D eigenvalue weighted by Crippen LogP contribution is -2.08. The van der Waals surface area contributed by atoms with Crippen LogP contribution in [0, 0.1) is 0 Å². The minimum atomic E-state index is -4.96. The van der Waals surface area contributed by atoms with E-state index in [0.717, 1.165) is 0 Å². The van der Waals surface area contributed by atoms with Crippen LogP contribution < -0.4 is 4.70 Å². The normalized spacial score (nSPS) is 14.4. The van der Waals surface area contributed by atoms with Crippen molar-refractivity contribution in [2.45, 2.75) is 9.79 Å². The second kappa shape index (κ2) is 3.61. The van der Waals surface area contributed by atoms with Crippen LogP contribution in [0.25, 0.3) is 16.3 Å². The van der Waals surface area contributed by atoms with Gasteiger partial charge in [0.2, 0.25) is 0 Å². The van der Waals surface area contributed by atoms with E-state index in [9.17, 15) is 31.5 Å². The van der Waals surface area contributed by atoms with Gasteiger partial charge >= 0.3 is 10.1 Å².